The number of amides is 4. The second kappa shape index (κ2) is 14.1. The molecule has 0 spiro atoms. The Kier molecular flexibility index (Phi) is 11.7. The number of carbonyl (C=O) groups excluding carboxylic acids is 4. The number of carbonyl (C=O) groups is 4. The molecule has 234 valence electrons. The Balaban J connectivity index is 0.000000236. The third-order valence-electron chi connectivity index (χ3n) is 7.37. The molecule has 4 amide bonds. The van der Waals surface area contributed by atoms with Crippen molar-refractivity contribution in [2.24, 2.45) is 10.8 Å². The van der Waals surface area contributed by atoms with E-state index in [1.807, 2.05) is 51.1 Å². The third-order valence-corrected chi connectivity index (χ3v) is 9.06. The number of aliphatic hydroxyl groups is 1. The number of halogens is 4. The van der Waals surface area contributed by atoms with E-state index in [0.29, 0.717) is 35.7 Å². The molecule has 2 heterocycles. The molecule has 2 saturated heterocycles. The first kappa shape index (κ1) is 35.7. The van der Waals surface area contributed by atoms with Crippen molar-refractivity contribution in [3.63, 3.8) is 0 Å². The molecule has 2 aliphatic rings. The van der Waals surface area contributed by atoms with E-state index < -0.39 is 22.8 Å². The molecule has 2 fully saturated rings. The van der Waals surface area contributed by atoms with E-state index in [1.54, 1.807) is 26.8 Å². The number of hydrogen-bond donors (Lipinski definition) is 1. The standard InChI is InChI=1S/C16H19BrClNO3.C16H19BrClNO2/c1-16(2,3)15(22)19-11(8-13(20)14(19)21)6-9-4-5-10(17)7-12(9)18;1-16(2,3)15(21)19-12(6-7-14(19)20)8-10-4-5-11(17)9-13(10)18/h4-5,7,11,13,20H,6,8H2,1-3H3;4-5,9,12H,6-8H2,1-3H3/t11-,13-;12-/m10/s1. The SMILES string of the molecule is CC(C)(C)C(=O)N1C(=O)CC[C@H]1Cc1ccc(Br)cc1Cl.CC(C)(C)C(=O)N1C(=O)[C@H](O)C[C@H]1Cc1ccc(Br)cc1Cl. The number of hydrogen-bond acceptors (Lipinski definition) is 5. The number of rotatable bonds is 4. The van der Waals surface area contributed by atoms with Crippen molar-refractivity contribution >= 4 is 78.7 Å². The Morgan fingerprint density at radius 2 is 1.26 bits per heavy atom. The minimum atomic E-state index is -1.12. The minimum Gasteiger partial charge on any atom is -0.383 e. The number of benzene rings is 2. The summed E-state index contributed by atoms with van der Waals surface area (Å²) < 4.78 is 1.78. The highest BCUT2D eigenvalue weighted by atomic mass is 79.9. The van der Waals surface area contributed by atoms with Gasteiger partial charge in [0, 0.05) is 54.7 Å². The Morgan fingerprint density at radius 1 is 0.814 bits per heavy atom. The maximum absolute atomic E-state index is 12.5. The average Bonchev–Trinajstić information content (AvgIpc) is 3.38. The maximum Gasteiger partial charge on any atom is 0.258 e. The van der Waals surface area contributed by atoms with Gasteiger partial charge in [-0.3, -0.25) is 29.0 Å². The number of aliphatic hydroxyl groups excluding tert-OH is 1. The predicted octanol–water partition coefficient (Wildman–Crippen LogP) is 7.39. The van der Waals surface area contributed by atoms with Crippen molar-refractivity contribution in [1.82, 2.24) is 9.80 Å². The average molecular weight is 761 g/mol. The van der Waals surface area contributed by atoms with Crippen LogP contribution in [0.5, 0.6) is 0 Å². The van der Waals surface area contributed by atoms with E-state index in [4.69, 9.17) is 23.2 Å². The molecule has 0 saturated carbocycles. The van der Waals surface area contributed by atoms with Crippen molar-refractivity contribution in [3.8, 4) is 0 Å². The first-order valence-corrected chi connectivity index (χ1v) is 16.5. The van der Waals surface area contributed by atoms with Crippen LogP contribution in [-0.2, 0) is 32.0 Å². The van der Waals surface area contributed by atoms with Gasteiger partial charge in [0.25, 0.3) is 5.91 Å². The highest BCUT2D eigenvalue weighted by Gasteiger charge is 2.45. The number of imide groups is 2. The van der Waals surface area contributed by atoms with Gasteiger partial charge in [0.15, 0.2) is 0 Å². The molecular weight excluding hydrogens is 723 g/mol. The van der Waals surface area contributed by atoms with Gasteiger partial charge in [-0.25, -0.2) is 0 Å². The second-order valence-electron chi connectivity index (χ2n) is 13.1. The molecule has 11 heteroatoms. The second-order valence-corrected chi connectivity index (χ2v) is 15.7. The summed E-state index contributed by atoms with van der Waals surface area (Å²) in [4.78, 5) is 51.9. The third kappa shape index (κ3) is 8.91. The van der Waals surface area contributed by atoms with Gasteiger partial charge in [-0.15, -0.1) is 0 Å². The van der Waals surface area contributed by atoms with Crippen LogP contribution in [0.2, 0.25) is 10.0 Å². The lowest BCUT2D eigenvalue weighted by Gasteiger charge is -2.29. The molecule has 43 heavy (non-hydrogen) atoms. The lowest BCUT2D eigenvalue weighted by atomic mass is 9.93. The first-order valence-electron chi connectivity index (χ1n) is 14.1. The quantitative estimate of drug-likeness (QED) is 0.351. The van der Waals surface area contributed by atoms with Crippen LogP contribution < -0.4 is 0 Å². The largest absolute Gasteiger partial charge is 0.383 e. The summed E-state index contributed by atoms with van der Waals surface area (Å²) in [6.45, 7) is 10.8. The smallest absolute Gasteiger partial charge is 0.258 e. The molecule has 4 rings (SSSR count). The summed E-state index contributed by atoms with van der Waals surface area (Å²) >= 11 is 19.2. The lowest BCUT2D eigenvalue weighted by molar-refractivity contribution is -0.152. The molecule has 2 aromatic rings. The van der Waals surface area contributed by atoms with Gasteiger partial charge in [0.1, 0.15) is 6.10 Å². The van der Waals surface area contributed by atoms with Crippen LogP contribution in [0.3, 0.4) is 0 Å². The van der Waals surface area contributed by atoms with Gasteiger partial charge in [-0.1, -0.05) is 109 Å². The Bertz CT molecular complexity index is 1400. The van der Waals surface area contributed by atoms with E-state index in [-0.39, 0.29) is 36.2 Å². The molecule has 2 aliphatic heterocycles. The summed E-state index contributed by atoms with van der Waals surface area (Å²) in [6.07, 6.45) is 1.31. The summed E-state index contributed by atoms with van der Waals surface area (Å²) in [6, 6.07) is 10.7. The van der Waals surface area contributed by atoms with Crippen molar-refractivity contribution in [2.45, 2.75) is 91.8 Å². The van der Waals surface area contributed by atoms with Crippen molar-refractivity contribution < 1.29 is 24.3 Å². The fraction of sp³-hybridized carbons (Fsp3) is 0.500. The van der Waals surface area contributed by atoms with Gasteiger partial charge in [-0.05, 0) is 54.7 Å². The summed E-state index contributed by atoms with van der Waals surface area (Å²) in [5, 5.41) is 11.1. The Labute approximate surface area is 280 Å². The monoisotopic (exact) mass is 758 g/mol. The van der Waals surface area contributed by atoms with Crippen LogP contribution in [0.4, 0.5) is 0 Å². The topological polar surface area (TPSA) is 95.0 Å². The van der Waals surface area contributed by atoms with E-state index >= 15 is 0 Å². The summed E-state index contributed by atoms with van der Waals surface area (Å²) in [5.41, 5.74) is 0.582. The molecule has 0 aliphatic carbocycles. The molecule has 3 atom stereocenters. The molecule has 0 radical (unpaired) electrons. The Morgan fingerprint density at radius 3 is 1.70 bits per heavy atom. The normalized spacial score (nSPS) is 20.8. The highest BCUT2D eigenvalue weighted by molar-refractivity contribution is 9.10. The van der Waals surface area contributed by atoms with Gasteiger partial charge in [-0.2, -0.15) is 0 Å². The zero-order chi connectivity index (χ0) is 32.4. The molecule has 2 aromatic carbocycles. The van der Waals surface area contributed by atoms with Gasteiger partial charge in [0.05, 0.1) is 0 Å². The van der Waals surface area contributed by atoms with Crippen LogP contribution in [0.25, 0.3) is 0 Å². The van der Waals surface area contributed by atoms with Crippen LogP contribution in [0.15, 0.2) is 45.3 Å². The zero-order valence-corrected chi connectivity index (χ0v) is 29.9. The molecule has 0 bridgehead atoms. The van der Waals surface area contributed by atoms with Crippen LogP contribution in [0, 0.1) is 10.8 Å². The van der Waals surface area contributed by atoms with Crippen molar-refractivity contribution in [1.29, 1.82) is 0 Å². The number of nitrogens with zero attached hydrogens (tertiary/aromatic N) is 2. The predicted molar refractivity (Wildman–Crippen MR) is 176 cm³/mol. The fourth-order valence-electron chi connectivity index (χ4n) is 5.07. The number of likely N-dealkylation sites (tertiary alicyclic amines) is 2. The minimum absolute atomic E-state index is 0.0758. The summed E-state index contributed by atoms with van der Waals surface area (Å²) in [7, 11) is 0. The Hall–Kier alpha value is -1.78. The molecule has 1 N–H and O–H groups in total. The molecule has 7 nitrogen and oxygen atoms in total. The molecular formula is C32H38Br2Cl2N2O5. The van der Waals surface area contributed by atoms with Crippen molar-refractivity contribution in [2.75, 3.05) is 0 Å². The van der Waals surface area contributed by atoms with Gasteiger partial charge in [0.2, 0.25) is 17.7 Å². The van der Waals surface area contributed by atoms with Gasteiger partial charge < -0.3 is 5.11 Å². The van der Waals surface area contributed by atoms with E-state index in [2.05, 4.69) is 31.9 Å². The zero-order valence-electron chi connectivity index (χ0n) is 25.2. The van der Waals surface area contributed by atoms with Crippen LogP contribution in [-0.4, -0.2) is 56.7 Å². The van der Waals surface area contributed by atoms with Crippen LogP contribution >= 0.6 is 55.1 Å². The first-order chi connectivity index (χ1) is 19.8. The lowest BCUT2D eigenvalue weighted by Crippen LogP contribution is -2.46. The van der Waals surface area contributed by atoms with Gasteiger partial charge >= 0.3 is 0 Å². The highest BCUT2D eigenvalue weighted by Crippen LogP contribution is 2.32. The molecule has 0 unspecified atom stereocenters. The van der Waals surface area contributed by atoms with E-state index in [1.165, 1.54) is 9.80 Å². The molecule has 0 aromatic heterocycles. The summed E-state index contributed by atoms with van der Waals surface area (Å²) in [5.74, 6) is -0.971. The maximum atomic E-state index is 12.5. The van der Waals surface area contributed by atoms with E-state index in [9.17, 15) is 24.3 Å². The van der Waals surface area contributed by atoms with Crippen molar-refractivity contribution in [3.05, 3.63) is 66.5 Å². The van der Waals surface area contributed by atoms with Crippen LogP contribution in [0.1, 0.15) is 71.9 Å². The fourth-order valence-corrected chi connectivity index (χ4v) is 6.57. The van der Waals surface area contributed by atoms with E-state index in [0.717, 1.165) is 20.1 Å².